The van der Waals surface area contributed by atoms with Crippen molar-refractivity contribution in [1.29, 1.82) is 0 Å². The van der Waals surface area contributed by atoms with Crippen LogP contribution < -0.4 is 4.90 Å². The zero-order chi connectivity index (χ0) is 14.4. The van der Waals surface area contributed by atoms with Gasteiger partial charge in [0.05, 0.1) is 13.2 Å². The number of amides is 1. The van der Waals surface area contributed by atoms with Crippen LogP contribution in [0.4, 0.5) is 14.5 Å². The van der Waals surface area contributed by atoms with Gasteiger partial charge in [0.2, 0.25) is 0 Å². The van der Waals surface area contributed by atoms with E-state index in [4.69, 9.17) is 5.11 Å². The minimum Gasteiger partial charge on any atom is -0.395 e. The highest BCUT2D eigenvalue weighted by atomic mass is 19.3. The molecule has 0 aliphatic carbocycles. The zero-order valence-electron chi connectivity index (χ0n) is 10.9. The van der Waals surface area contributed by atoms with Crippen LogP contribution in [0.15, 0.2) is 18.3 Å². The molecule has 0 spiro atoms. The molecule has 0 saturated carbocycles. The second-order valence-corrected chi connectivity index (χ2v) is 4.16. The molecule has 0 saturated heterocycles. The van der Waals surface area contributed by atoms with Gasteiger partial charge < -0.3 is 14.9 Å². The van der Waals surface area contributed by atoms with Gasteiger partial charge in [0.1, 0.15) is 5.69 Å². The number of halogens is 2. The van der Waals surface area contributed by atoms with E-state index in [0.29, 0.717) is 5.69 Å². The minimum atomic E-state index is -2.52. The van der Waals surface area contributed by atoms with Gasteiger partial charge in [0.15, 0.2) is 0 Å². The van der Waals surface area contributed by atoms with Crippen molar-refractivity contribution in [1.82, 2.24) is 9.88 Å². The Balaban J connectivity index is 2.97. The molecule has 0 fully saturated rings. The Hall–Kier alpha value is -1.76. The highest BCUT2D eigenvalue weighted by Crippen LogP contribution is 2.16. The van der Waals surface area contributed by atoms with Crippen molar-refractivity contribution in [2.75, 3.05) is 38.7 Å². The van der Waals surface area contributed by atoms with E-state index in [1.54, 1.807) is 14.1 Å². The minimum absolute atomic E-state index is 0.0734. The monoisotopic (exact) mass is 273 g/mol. The molecule has 19 heavy (non-hydrogen) atoms. The fourth-order valence-electron chi connectivity index (χ4n) is 1.58. The Kier molecular flexibility index (Phi) is 5.62. The molecule has 5 nitrogen and oxygen atoms in total. The van der Waals surface area contributed by atoms with Crippen molar-refractivity contribution in [3.8, 4) is 0 Å². The number of carbonyl (C=O) groups is 1. The summed E-state index contributed by atoms with van der Waals surface area (Å²) in [5, 5.41) is 8.90. The van der Waals surface area contributed by atoms with Crippen LogP contribution >= 0.6 is 0 Å². The number of aliphatic hydroxyl groups is 1. The third-order valence-corrected chi connectivity index (χ3v) is 2.46. The van der Waals surface area contributed by atoms with Crippen LogP contribution in [0.1, 0.15) is 10.5 Å². The van der Waals surface area contributed by atoms with Crippen LogP contribution in [0.3, 0.4) is 0 Å². The molecule has 1 N–H and O–H groups in total. The molecule has 1 aromatic heterocycles. The lowest BCUT2D eigenvalue weighted by atomic mass is 10.2. The number of aliphatic hydroxyl groups excluding tert-OH is 1. The second kappa shape index (κ2) is 6.98. The lowest BCUT2D eigenvalue weighted by Crippen LogP contribution is -2.32. The molecule has 0 aliphatic rings. The number of rotatable bonds is 6. The van der Waals surface area contributed by atoms with Crippen LogP contribution in [0, 0.1) is 0 Å². The van der Waals surface area contributed by atoms with Crippen LogP contribution in [0.5, 0.6) is 0 Å². The van der Waals surface area contributed by atoms with E-state index < -0.39 is 13.0 Å². The van der Waals surface area contributed by atoms with Gasteiger partial charge in [-0.25, -0.2) is 8.78 Å². The average molecular weight is 273 g/mol. The van der Waals surface area contributed by atoms with E-state index in [-0.39, 0.29) is 24.8 Å². The number of nitrogens with zero attached hydrogens (tertiary/aromatic N) is 3. The van der Waals surface area contributed by atoms with E-state index in [0.717, 1.165) is 0 Å². The van der Waals surface area contributed by atoms with Crippen molar-refractivity contribution in [2.45, 2.75) is 6.43 Å². The van der Waals surface area contributed by atoms with Gasteiger partial charge in [-0.15, -0.1) is 0 Å². The van der Waals surface area contributed by atoms with Gasteiger partial charge >= 0.3 is 0 Å². The van der Waals surface area contributed by atoms with Crippen molar-refractivity contribution < 1.29 is 18.7 Å². The Morgan fingerprint density at radius 3 is 2.68 bits per heavy atom. The molecule has 0 aliphatic heterocycles. The molecule has 0 unspecified atom stereocenters. The lowest BCUT2D eigenvalue weighted by molar-refractivity contribution is 0.0822. The summed E-state index contributed by atoms with van der Waals surface area (Å²) in [6.45, 7) is -0.671. The summed E-state index contributed by atoms with van der Waals surface area (Å²) in [7, 11) is 3.17. The zero-order valence-corrected chi connectivity index (χ0v) is 10.9. The molecular weight excluding hydrogens is 256 g/mol. The van der Waals surface area contributed by atoms with E-state index in [1.807, 2.05) is 0 Å². The molecule has 0 bridgehead atoms. The molecule has 106 valence electrons. The van der Waals surface area contributed by atoms with E-state index in [9.17, 15) is 13.6 Å². The molecule has 1 rings (SSSR count). The van der Waals surface area contributed by atoms with Crippen molar-refractivity contribution >= 4 is 11.6 Å². The predicted molar refractivity (Wildman–Crippen MR) is 67.6 cm³/mol. The summed E-state index contributed by atoms with van der Waals surface area (Å²) in [6, 6.07) is 2.98. The first-order valence-corrected chi connectivity index (χ1v) is 5.77. The fraction of sp³-hybridized carbons (Fsp3) is 0.500. The quantitative estimate of drug-likeness (QED) is 0.834. The number of pyridine rings is 1. The van der Waals surface area contributed by atoms with E-state index in [2.05, 4.69) is 4.98 Å². The molecule has 7 heteroatoms. The number of hydrogen-bond acceptors (Lipinski definition) is 4. The van der Waals surface area contributed by atoms with Crippen LogP contribution in [-0.2, 0) is 0 Å². The largest absolute Gasteiger partial charge is 0.395 e. The molecule has 1 aromatic rings. The molecule has 0 aromatic carbocycles. The van der Waals surface area contributed by atoms with Crippen molar-refractivity contribution in [3.05, 3.63) is 24.0 Å². The van der Waals surface area contributed by atoms with Gasteiger partial charge in [-0.05, 0) is 12.1 Å². The summed E-state index contributed by atoms with van der Waals surface area (Å²) < 4.78 is 24.9. The summed E-state index contributed by atoms with van der Waals surface area (Å²) in [6.07, 6.45) is -1.13. The van der Waals surface area contributed by atoms with Gasteiger partial charge in [-0.2, -0.15) is 0 Å². The molecular formula is C12H17F2N3O2. The first-order valence-electron chi connectivity index (χ1n) is 5.77. The predicted octanol–water partition coefficient (Wildman–Crippen LogP) is 0.847. The Bertz CT molecular complexity index is 427. The summed E-state index contributed by atoms with van der Waals surface area (Å²) >= 11 is 0. The average Bonchev–Trinajstić information content (AvgIpc) is 2.37. The van der Waals surface area contributed by atoms with Crippen LogP contribution in [0.2, 0.25) is 0 Å². The van der Waals surface area contributed by atoms with Gasteiger partial charge in [0, 0.05) is 32.5 Å². The Labute approximate surface area is 110 Å². The first kappa shape index (κ1) is 15.3. The molecule has 1 amide bonds. The molecule has 0 atom stereocenters. The van der Waals surface area contributed by atoms with Gasteiger partial charge in [-0.1, -0.05) is 0 Å². The smallest absolute Gasteiger partial charge is 0.272 e. The Morgan fingerprint density at radius 1 is 1.47 bits per heavy atom. The van der Waals surface area contributed by atoms with E-state index in [1.165, 1.54) is 28.1 Å². The number of hydrogen-bond donors (Lipinski definition) is 1. The highest BCUT2D eigenvalue weighted by Gasteiger charge is 2.15. The van der Waals surface area contributed by atoms with Crippen molar-refractivity contribution in [3.63, 3.8) is 0 Å². The summed E-state index contributed by atoms with van der Waals surface area (Å²) in [5.41, 5.74) is 0.620. The number of alkyl halides is 2. The van der Waals surface area contributed by atoms with Gasteiger partial charge in [-0.3, -0.25) is 9.78 Å². The standard InChI is InChI=1S/C12H17F2N3O2/c1-16(2)12(19)10-7-9(3-4-15-10)17(5-6-18)8-11(13)14/h3-4,7,11,18H,5-6,8H2,1-2H3. The maximum atomic E-state index is 12.5. The number of anilines is 1. The maximum Gasteiger partial charge on any atom is 0.272 e. The molecule has 0 radical (unpaired) electrons. The third kappa shape index (κ3) is 4.44. The SMILES string of the molecule is CN(C)C(=O)c1cc(N(CCO)CC(F)F)ccn1. The maximum absolute atomic E-state index is 12.5. The van der Waals surface area contributed by atoms with Crippen LogP contribution in [-0.4, -0.2) is 61.1 Å². The third-order valence-electron chi connectivity index (χ3n) is 2.46. The molecule has 1 heterocycles. The van der Waals surface area contributed by atoms with Gasteiger partial charge in [0.25, 0.3) is 12.3 Å². The van der Waals surface area contributed by atoms with Crippen LogP contribution in [0.25, 0.3) is 0 Å². The van der Waals surface area contributed by atoms with Crippen molar-refractivity contribution in [2.24, 2.45) is 0 Å². The number of aromatic nitrogens is 1. The topological polar surface area (TPSA) is 56.7 Å². The fourth-order valence-corrected chi connectivity index (χ4v) is 1.58. The summed E-state index contributed by atoms with van der Waals surface area (Å²) in [5.74, 6) is -0.303. The number of carbonyl (C=O) groups excluding carboxylic acids is 1. The normalized spacial score (nSPS) is 10.6. The highest BCUT2D eigenvalue weighted by molar-refractivity contribution is 5.92. The first-order chi connectivity index (χ1) is 8.95. The second-order valence-electron chi connectivity index (χ2n) is 4.16. The Morgan fingerprint density at radius 2 is 2.16 bits per heavy atom. The lowest BCUT2D eigenvalue weighted by Gasteiger charge is -2.23. The van der Waals surface area contributed by atoms with E-state index >= 15 is 0 Å². The summed E-state index contributed by atoms with van der Waals surface area (Å²) in [4.78, 5) is 18.3.